The van der Waals surface area contributed by atoms with E-state index in [1.165, 1.54) is 6.07 Å². The number of carbonyl (C=O) groups is 1. The van der Waals surface area contributed by atoms with Crippen molar-refractivity contribution in [2.45, 2.75) is 13.3 Å². The second kappa shape index (κ2) is 7.16. The molecule has 0 spiro atoms. The molecule has 28 heavy (non-hydrogen) atoms. The van der Waals surface area contributed by atoms with E-state index < -0.39 is 17.7 Å². The summed E-state index contributed by atoms with van der Waals surface area (Å²) in [5.41, 5.74) is 2.47. The van der Waals surface area contributed by atoms with Gasteiger partial charge in [0.2, 0.25) is 5.88 Å². The number of fused-ring (bicyclic) bond motifs is 2. The lowest BCUT2D eigenvalue weighted by molar-refractivity contribution is 0.199. The van der Waals surface area contributed by atoms with Crippen molar-refractivity contribution in [1.29, 1.82) is 0 Å². The first-order valence-electron chi connectivity index (χ1n) is 8.61. The Labute approximate surface area is 163 Å². The van der Waals surface area contributed by atoms with Crippen LogP contribution in [-0.2, 0) is 6.42 Å². The summed E-state index contributed by atoms with van der Waals surface area (Å²) >= 11 is 5.94. The first kappa shape index (κ1) is 18.3. The second-order valence-electron chi connectivity index (χ2n) is 6.44. The normalized spacial score (nSPS) is 11.3. The van der Waals surface area contributed by atoms with E-state index in [0.29, 0.717) is 22.7 Å². The number of benzene rings is 2. The minimum absolute atomic E-state index is 0.131. The fraction of sp³-hybridized carbons (Fsp3) is 0.150. The van der Waals surface area contributed by atoms with E-state index in [2.05, 4.69) is 15.3 Å². The van der Waals surface area contributed by atoms with Gasteiger partial charge in [-0.05, 0) is 49.2 Å². The van der Waals surface area contributed by atoms with Crippen LogP contribution in [0.1, 0.15) is 11.3 Å². The number of aromatic nitrogens is 2. The zero-order chi connectivity index (χ0) is 19.8. The Bertz CT molecular complexity index is 1200. The Hall–Kier alpha value is -3.06. The van der Waals surface area contributed by atoms with Gasteiger partial charge >= 0.3 is 6.09 Å². The number of aryl methyl sites for hydroxylation is 1. The molecule has 0 fully saturated rings. The molecule has 0 radical (unpaired) electrons. The highest BCUT2D eigenvalue weighted by Gasteiger charge is 2.15. The highest BCUT2D eigenvalue weighted by molar-refractivity contribution is 6.31. The van der Waals surface area contributed by atoms with Gasteiger partial charge in [0.05, 0.1) is 5.52 Å². The topological polar surface area (TPSA) is 69.9 Å². The maximum absolute atomic E-state index is 13.9. The third kappa shape index (κ3) is 3.41. The number of hydrogen-bond acceptors (Lipinski definition) is 2. The van der Waals surface area contributed by atoms with Crippen molar-refractivity contribution in [3.8, 4) is 5.88 Å². The minimum atomic E-state index is -0.905. The maximum Gasteiger partial charge on any atom is 0.413 e. The van der Waals surface area contributed by atoms with Crippen molar-refractivity contribution < 1.29 is 18.3 Å². The average Bonchev–Trinajstić information content (AvgIpc) is 3.18. The van der Waals surface area contributed by atoms with E-state index in [-0.39, 0.29) is 12.1 Å². The minimum Gasteiger partial charge on any atom is -0.393 e. The van der Waals surface area contributed by atoms with Crippen molar-refractivity contribution in [2.24, 2.45) is 0 Å². The molecule has 144 valence electrons. The number of H-pyrrole nitrogens is 2. The molecule has 4 rings (SSSR count). The van der Waals surface area contributed by atoms with Crippen LogP contribution in [0, 0.1) is 18.6 Å². The number of rotatable bonds is 4. The van der Waals surface area contributed by atoms with Gasteiger partial charge in [-0.2, -0.15) is 0 Å². The summed E-state index contributed by atoms with van der Waals surface area (Å²) in [4.78, 5) is 17.9. The van der Waals surface area contributed by atoms with Crippen LogP contribution in [0.5, 0.6) is 5.88 Å². The van der Waals surface area contributed by atoms with Crippen LogP contribution >= 0.6 is 11.6 Å². The number of amides is 1. The van der Waals surface area contributed by atoms with Crippen LogP contribution < -0.4 is 10.1 Å². The number of halogens is 3. The summed E-state index contributed by atoms with van der Waals surface area (Å²) in [6.45, 7) is 2.05. The Morgan fingerprint density at radius 2 is 2.00 bits per heavy atom. The number of hydrogen-bond donors (Lipinski definition) is 3. The molecule has 0 unspecified atom stereocenters. The van der Waals surface area contributed by atoms with Gasteiger partial charge in [0, 0.05) is 39.6 Å². The maximum atomic E-state index is 13.9. The van der Waals surface area contributed by atoms with Crippen molar-refractivity contribution in [3.05, 3.63) is 64.3 Å². The SMILES string of the molecule is Cc1[nH]c2c(F)c(F)ccc2c1CCNC(=O)Oc1cc2cc(Cl)ccc2[nH]1. The number of aromatic amines is 2. The van der Waals surface area contributed by atoms with E-state index in [0.717, 1.165) is 28.2 Å². The van der Waals surface area contributed by atoms with Crippen molar-refractivity contribution in [3.63, 3.8) is 0 Å². The molecule has 0 aliphatic carbocycles. The van der Waals surface area contributed by atoms with Crippen LogP contribution in [-0.4, -0.2) is 22.6 Å². The number of nitrogens with one attached hydrogen (secondary N) is 3. The molecule has 0 atom stereocenters. The Balaban J connectivity index is 1.41. The first-order chi connectivity index (χ1) is 13.4. The lowest BCUT2D eigenvalue weighted by Crippen LogP contribution is -2.28. The van der Waals surface area contributed by atoms with Crippen LogP contribution in [0.25, 0.3) is 21.8 Å². The van der Waals surface area contributed by atoms with Gasteiger partial charge < -0.3 is 20.0 Å². The quantitative estimate of drug-likeness (QED) is 0.437. The molecule has 2 aromatic heterocycles. The molecule has 8 heteroatoms. The van der Waals surface area contributed by atoms with Crippen LogP contribution in [0.4, 0.5) is 13.6 Å². The average molecular weight is 404 g/mol. The zero-order valence-corrected chi connectivity index (χ0v) is 15.6. The molecule has 0 saturated carbocycles. The molecule has 3 N–H and O–H groups in total. The number of carbonyl (C=O) groups excluding carboxylic acids is 1. The Morgan fingerprint density at radius 3 is 2.82 bits per heavy atom. The molecule has 4 aromatic rings. The van der Waals surface area contributed by atoms with Crippen LogP contribution in [0.3, 0.4) is 0 Å². The molecular formula is C20H16ClF2N3O2. The van der Waals surface area contributed by atoms with Gasteiger partial charge in [0.1, 0.15) is 0 Å². The highest BCUT2D eigenvalue weighted by atomic mass is 35.5. The number of ether oxygens (including phenoxy) is 1. The smallest absolute Gasteiger partial charge is 0.393 e. The highest BCUT2D eigenvalue weighted by Crippen LogP contribution is 2.26. The fourth-order valence-electron chi connectivity index (χ4n) is 3.27. The molecule has 5 nitrogen and oxygen atoms in total. The molecule has 0 saturated heterocycles. The fourth-order valence-corrected chi connectivity index (χ4v) is 3.45. The summed E-state index contributed by atoms with van der Waals surface area (Å²) in [5.74, 6) is -1.50. The third-order valence-electron chi connectivity index (χ3n) is 4.59. The van der Waals surface area contributed by atoms with Gasteiger partial charge in [-0.25, -0.2) is 13.6 Å². The third-order valence-corrected chi connectivity index (χ3v) is 4.83. The summed E-state index contributed by atoms with van der Waals surface area (Å²) < 4.78 is 32.5. The monoisotopic (exact) mass is 403 g/mol. The van der Waals surface area contributed by atoms with Gasteiger partial charge in [-0.15, -0.1) is 0 Å². The summed E-state index contributed by atoms with van der Waals surface area (Å²) in [5, 5.41) is 4.67. The van der Waals surface area contributed by atoms with Gasteiger partial charge in [-0.3, -0.25) is 0 Å². The van der Waals surface area contributed by atoms with Crippen LogP contribution in [0.2, 0.25) is 5.02 Å². The first-order valence-corrected chi connectivity index (χ1v) is 8.99. The van der Waals surface area contributed by atoms with Gasteiger partial charge in [0.15, 0.2) is 11.6 Å². The van der Waals surface area contributed by atoms with E-state index in [9.17, 15) is 13.6 Å². The predicted molar refractivity (Wildman–Crippen MR) is 104 cm³/mol. The Kier molecular flexibility index (Phi) is 4.68. The molecule has 1 amide bonds. The van der Waals surface area contributed by atoms with Crippen molar-refractivity contribution >= 4 is 39.5 Å². The zero-order valence-electron chi connectivity index (χ0n) is 14.8. The lowest BCUT2D eigenvalue weighted by atomic mass is 10.1. The standard InChI is InChI=1S/C20H16ClF2N3O2/c1-10-13(14-3-4-15(22)18(23)19(14)25-10)6-7-24-20(27)28-17-9-11-8-12(21)2-5-16(11)26-17/h2-5,8-9,25-26H,6-7H2,1H3,(H,24,27). The van der Waals surface area contributed by atoms with Crippen molar-refractivity contribution in [2.75, 3.05) is 6.54 Å². The molecule has 0 aliphatic rings. The van der Waals surface area contributed by atoms with E-state index in [4.69, 9.17) is 16.3 Å². The van der Waals surface area contributed by atoms with Gasteiger partial charge in [0.25, 0.3) is 0 Å². The molecule has 2 heterocycles. The van der Waals surface area contributed by atoms with E-state index >= 15 is 0 Å². The van der Waals surface area contributed by atoms with Crippen LogP contribution in [0.15, 0.2) is 36.4 Å². The van der Waals surface area contributed by atoms with E-state index in [1.54, 1.807) is 31.2 Å². The van der Waals surface area contributed by atoms with E-state index in [1.807, 2.05) is 0 Å². The largest absolute Gasteiger partial charge is 0.413 e. The molecular weight excluding hydrogens is 388 g/mol. The molecule has 2 aromatic carbocycles. The second-order valence-corrected chi connectivity index (χ2v) is 6.88. The summed E-state index contributed by atoms with van der Waals surface area (Å²) in [6, 6.07) is 9.60. The molecule has 0 aliphatic heterocycles. The summed E-state index contributed by atoms with van der Waals surface area (Å²) in [6.07, 6.45) is -0.179. The Morgan fingerprint density at radius 1 is 1.18 bits per heavy atom. The van der Waals surface area contributed by atoms with Crippen molar-refractivity contribution in [1.82, 2.24) is 15.3 Å². The predicted octanol–water partition coefficient (Wildman–Crippen LogP) is 5.22. The summed E-state index contributed by atoms with van der Waals surface area (Å²) in [7, 11) is 0. The van der Waals surface area contributed by atoms with Gasteiger partial charge in [-0.1, -0.05) is 11.6 Å². The molecule has 0 bridgehead atoms. The lowest BCUT2D eigenvalue weighted by Gasteiger charge is -2.06.